The van der Waals surface area contributed by atoms with Crippen LogP contribution in [0.4, 0.5) is 5.95 Å². The normalized spacial score (nSPS) is 28.8. The fourth-order valence-corrected chi connectivity index (χ4v) is 3.20. The van der Waals surface area contributed by atoms with E-state index in [9.17, 15) is 0 Å². The van der Waals surface area contributed by atoms with Crippen molar-refractivity contribution in [2.24, 2.45) is 5.73 Å². The third-order valence-electron chi connectivity index (χ3n) is 4.27. The lowest BCUT2D eigenvalue weighted by atomic mass is 10.0. The topological polar surface area (TPSA) is 67.1 Å². The number of nitrogens with one attached hydrogen (secondary N) is 1. The summed E-state index contributed by atoms with van der Waals surface area (Å²) in [5.74, 6) is 0.865. The summed E-state index contributed by atoms with van der Waals surface area (Å²) in [6.07, 6.45) is 9.52. The second kappa shape index (κ2) is 5.84. The molecule has 0 spiro atoms. The lowest BCUT2D eigenvalue weighted by molar-refractivity contribution is 0.364. The Morgan fingerprint density at radius 2 is 1.79 bits per heavy atom. The summed E-state index contributed by atoms with van der Waals surface area (Å²) < 4.78 is 0. The van der Waals surface area contributed by atoms with Gasteiger partial charge in [-0.25, -0.2) is 9.97 Å². The van der Waals surface area contributed by atoms with Gasteiger partial charge in [0.1, 0.15) is 0 Å². The zero-order valence-electron chi connectivity index (χ0n) is 11.3. The summed E-state index contributed by atoms with van der Waals surface area (Å²) in [4.78, 5) is 10.9. The molecular formula is C14H23N5. The zero-order valence-corrected chi connectivity index (χ0v) is 11.3. The molecule has 2 heterocycles. The van der Waals surface area contributed by atoms with Crippen LogP contribution in [0.15, 0.2) is 18.5 Å². The van der Waals surface area contributed by atoms with Gasteiger partial charge in [0, 0.05) is 43.6 Å². The summed E-state index contributed by atoms with van der Waals surface area (Å²) in [5, 5.41) is 3.77. The number of piperidine rings is 1. The highest BCUT2D eigenvalue weighted by Gasteiger charge is 2.26. The third-order valence-corrected chi connectivity index (χ3v) is 4.27. The van der Waals surface area contributed by atoms with Crippen LogP contribution in [0.2, 0.25) is 0 Å². The van der Waals surface area contributed by atoms with Gasteiger partial charge in [0.25, 0.3) is 0 Å². The first kappa shape index (κ1) is 12.8. The molecule has 1 aromatic rings. The Morgan fingerprint density at radius 1 is 1.05 bits per heavy atom. The summed E-state index contributed by atoms with van der Waals surface area (Å²) in [6, 6.07) is 3.55. The molecule has 1 aromatic heterocycles. The third kappa shape index (κ3) is 3.22. The van der Waals surface area contributed by atoms with Crippen LogP contribution < -0.4 is 16.0 Å². The standard InChI is InChI=1S/C14H23N5/c15-11-2-3-13(10-11)18-12-4-8-19(9-5-12)14-16-6-1-7-17-14/h1,6-7,11-13,18H,2-5,8-10,15H2. The van der Waals surface area contributed by atoms with Gasteiger partial charge in [-0.2, -0.15) is 0 Å². The Kier molecular flexibility index (Phi) is 3.94. The van der Waals surface area contributed by atoms with Crippen LogP contribution in [0, 0.1) is 0 Å². The molecule has 2 aliphatic rings. The average Bonchev–Trinajstić information content (AvgIpc) is 2.86. The van der Waals surface area contributed by atoms with Crippen molar-refractivity contribution in [2.75, 3.05) is 18.0 Å². The number of hydrogen-bond acceptors (Lipinski definition) is 5. The summed E-state index contributed by atoms with van der Waals surface area (Å²) >= 11 is 0. The fourth-order valence-electron chi connectivity index (χ4n) is 3.20. The molecule has 0 radical (unpaired) electrons. The largest absolute Gasteiger partial charge is 0.341 e. The predicted molar refractivity (Wildman–Crippen MR) is 76.0 cm³/mol. The van der Waals surface area contributed by atoms with Gasteiger partial charge in [0.05, 0.1) is 0 Å². The van der Waals surface area contributed by atoms with E-state index >= 15 is 0 Å². The molecule has 2 atom stereocenters. The number of nitrogens with zero attached hydrogens (tertiary/aromatic N) is 3. The van der Waals surface area contributed by atoms with Crippen molar-refractivity contribution in [2.45, 2.75) is 50.2 Å². The monoisotopic (exact) mass is 261 g/mol. The minimum absolute atomic E-state index is 0.412. The number of rotatable bonds is 3. The highest BCUT2D eigenvalue weighted by atomic mass is 15.3. The summed E-state index contributed by atoms with van der Waals surface area (Å²) in [6.45, 7) is 2.08. The van der Waals surface area contributed by atoms with Gasteiger partial charge in [0.15, 0.2) is 0 Å². The Morgan fingerprint density at radius 3 is 2.42 bits per heavy atom. The second-order valence-electron chi connectivity index (χ2n) is 5.75. The van der Waals surface area contributed by atoms with Gasteiger partial charge in [-0.05, 0) is 38.2 Å². The molecule has 1 aliphatic carbocycles. The number of hydrogen-bond donors (Lipinski definition) is 2. The smallest absolute Gasteiger partial charge is 0.225 e. The summed E-state index contributed by atoms with van der Waals surface area (Å²) in [5.41, 5.74) is 5.96. The average molecular weight is 261 g/mol. The van der Waals surface area contributed by atoms with Crippen LogP contribution in [-0.2, 0) is 0 Å². The van der Waals surface area contributed by atoms with Crippen LogP contribution in [0.5, 0.6) is 0 Å². The lowest BCUT2D eigenvalue weighted by Gasteiger charge is -2.33. The molecule has 1 aliphatic heterocycles. The molecule has 5 nitrogen and oxygen atoms in total. The van der Waals surface area contributed by atoms with Crippen LogP contribution in [0.1, 0.15) is 32.1 Å². The van der Waals surface area contributed by atoms with E-state index in [1.54, 1.807) is 0 Å². The second-order valence-corrected chi connectivity index (χ2v) is 5.75. The maximum absolute atomic E-state index is 5.96. The van der Waals surface area contributed by atoms with Crippen molar-refractivity contribution >= 4 is 5.95 Å². The first-order valence-electron chi connectivity index (χ1n) is 7.35. The predicted octanol–water partition coefficient (Wildman–Crippen LogP) is 0.915. The molecule has 0 aromatic carbocycles. The van der Waals surface area contributed by atoms with E-state index in [4.69, 9.17) is 5.73 Å². The van der Waals surface area contributed by atoms with E-state index in [2.05, 4.69) is 20.2 Å². The fraction of sp³-hybridized carbons (Fsp3) is 0.714. The van der Waals surface area contributed by atoms with Crippen LogP contribution in [-0.4, -0.2) is 41.2 Å². The molecule has 3 rings (SSSR count). The Balaban J connectivity index is 1.47. The van der Waals surface area contributed by atoms with Crippen molar-refractivity contribution in [3.63, 3.8) is 0 Å². The molecule has 5 heteroatoms. The van der Waals surface area contributed by atoms with Gasteiger partial charge in [-0.15, -0.1) is 0 Å². The van der Waals surface area contributed by atoms with Crippen LogP contribution >= 0.6 is 0 Å². The van der Waals surface area contributed by atoms with Crippen LogP contribution in [0.3, 0.4) is 0 Å². The van der Waals surface area contributed by atoms with E-state index in [0.717, 1.165) is 25.5 Å². The molecule has 0 bridgehead atoms. The first-order valence-corrected chi connectivity index (χ1v) is 7.35. The highest BCUT2D eigenvalue weighted by molar-refractivity contribution is 5.29. The molecule has 3 N–H and O–H groups in total. The Labute approximate surface area is 114 Å². The molecule has 1 saturated carbocycles. The molecule has 104 valence electrons. The van der Waals surface area contributed by atoms with Gasteiger partial charge in [0.2, 0.25) is 5.95 Å². The van der Waals surface area contributed by atoms with Gasteiger partial charge in [-0.1, -0.05) is 0 Å². The van der Waals surface area contributed by atoms with Crippen LogP contribution in [0.25, 0.3) is 0 Å². The first-order chi connectivity index (χ1) is 9.31. The van der Waals surface area contributed by atoms with Crippen molar-refractivity contribution < 1.29 is 0 Å². The Hall–Kier alpha value is -1.20. The van der Waals surface area contributed by atoms with Crippen molar-refractivity contribution in [1.82, 2.24) is 15.3 Å². The van der Waals surface area contributed by atoms with Crippen molar-refractivity contribution in [3.05, 3.63) is 18.5 Å². The maximum atomic E-state index is 5.96. The SMILES string of the molecule is NC1CCC(NC2CCN(c3ncccn3)CC2)C1. The van der Waals surface area contributed by atoms with Gasteiger partial charge >= 0.3 is 0 Å². The van der Waals surface area contributed by atoms with Crippen molar-refractivity contribution in [3.8, 4) is 0 Å². The van der Waals surface area contributed by atoms with E-state index < -0.39 is 0 Å². The molecule has 2 unspecified atom stereocenters. The number of anilines is 1. The number of aromatic nitrogens is 2. The highest BCUT2D eigenvalue weighted by Crippen LogP contribution is 2.21. The van der Waals surface area contributed by atoms with E-state index in [1.807, 2.05) is 18.5 Å². The molecule has 2 fully saturated rings. The van der Waals surface area contributed by atoms with Gasteiger partial charge in [-0.3, -0.25) is 0 Å². The van der Waals surface area contributed by atoms with E-state index in [0.29, 0.717) is 18.1 Å². The van der Waals surface area contributed by atoms with E-state index in [1.165, 1.54) is 25.7 Å². The lowest BCUT2D eigenvalue weighted by Crippen LogP contribution is -2.46. The number of nitrogens with two attached hydrogens (primary N) is 1. The molecule has 19 heavy (non-hydrogen) atoms. The van der Waals surface area contributed by atoms with E-state index in [-0.39, 0.29) is 0 Å². The molecule has 1 saturated heterocycles. The minimum atomic E-state index is 0.412. The maximum Gasteiger partial charge on any atom is 0.225 e. The summed E-state index contributed by atoms with van der Waals surface area (Å²) in [7, 11) is 0. The Bertz CT molecular complexity index is 388. The molecular weight excluding hydrogens is 238 g/mol. The molecule has 0 amide bonds. The minimum Gasteiger partial charge on any atom is -0.341 e. The van der Waals surface area contributed by atoms with Gasteiger partial charge < -0.3 is 16.0 Å². The van der Waals surface area contributed by atoms with Crippen molar-refractivity contribution in [1.29, 1.82) is 0 Å². The quantitative estimate of drug-likeness (QED) is 0.847. The zero-order chi connectivity index (χ0) is 13.1.